The zero-order chi connectivity index (χ0) is 10.6. The highest BCUT2D eigenvalue weighted by molar-refractivity contribution is 5.85. The number of aromatic carboxylic acids is 1. The van der Waals surface area contributed by atoms with Crippen LogP contribution in [0.5, 0.6) is 0 Å². The second-order valence-electron chi connectivity index (χ2n) is 2.90. The number of nitrogens with zero attached hydrogens (tertiary/aromatic N) is 2. The molecule has 0 aliphatic carbocycles. The second-order valence-corrected chi connectivity index (χ2v) is 2.90. The summed E-state index contributed by atoms with van der Waals surface area (Å²) in [5.41, 5.74) is -0.0467. The van der Waals surface area contributed by atoms with Gasteiger partial charge in [0.2, 0.25) is 0 Å². The lowest BCUT2D eigenvalue weighted by molar-refractivity contribution is 0.0690. The maximum atomic E-state index is 10.5. The molecule has 1 rings (SSSR count). The minimum Gasteiger partial charge on any atom is -0.476 e. The van der Waals surface area contributed by atoms with E-state index in [-0.39, 0.29) is 5.69 Å². The Bertz CT molecular complexity index is 309. The van der Waals surface area contributed by atoms with Gasteiger partial charge in [-0.25, -0.2) is 4.79 Å². The van der Waals surface area contributed by atoms with Gasteiger partial charge in [0.25, 0.3) is 6.01 Å². The Balaban J connectivity index is 2.78. The molecule has 78 valence electrons. The molecular weight excluding hydrogens is 184 g/mol. The van der Waals surface area contributed by atoms with Gasteiger partial charge in [0.15, 0.2) is 5.69 Å². The Morgan fingerprint density at radius 1 is 1.64 bits per heavy atom. The van der Waals surface area contributed by atoms with Crippen molar-refractivity contribution < 1.29 is 14.3 Å². The summed E-state index contributed by atoms with van der Waals surface area (Å²) in [5, 5.41) is 8.64. The number of anilines is 1. The Hall–Kier alpha value is -1.52. The van der Waals surface area contributed by atoms with Crippen LogP contribution in [0.2, 0.25) is 0 Å². The van der Waals surface area contributed by atoms with Crippen molar-refractivity contribution in [1.82, 2.24) is 4.98 Å². The Kier molecular flexibility index (Phi) is 3.50. The lowest BCUT2D eigenvalue weighted by atomic mass is 10.4. The molecular formula is C9H14N2O3. The zero-order valence-corrected chi connectivity index (χ0v) is 8.36. The summed E-state index contributed by atoms with van der Waals surface area (Å²) in [5.74, 6) is -1.06. The summed E-state index contributed by atoms with van der Waals surface area (Å²) in [6.07, 6.45) is 2.13. The van der Waals surface area contributed by atoms with Crippen LogP contribution in [-0.2, 0) is 0 Å². The third kappa shape index (κ3) is 2.25. The van der Waals surface area contributed by atoms with Gasteiger partial charge in [0.1, 0.15) is 6.26 Å². The molecule has 1 N–H and O–H groups in total. The van der Waals surface area contributed by atoms with Crippen LogP contribution in [0.15, 0.2) is 10.7 Å². The summed E-state index contributed by atoms with van der Waals surface area (Å²) >= 11 is 0. The van der Waals surface area contributed by atoms with E-state index >= 15 is 0 Å². The van der Waals surface area contributed by atoms with Crippen LogP contribution < -0.4 is 4.90 Å². The maximum Gasteiger partial charge on any atom is 0.357 e. The standard InChI is InChI=1S/C9H14N2O3/c1-3-5-11(4-2)9-10-7(6-14-9)8(12)13/h6H,3-5H2,1-2H3,(H,12,13). The average molecular weight is 198 g/mol. The molecule has 5 nitrogen and oxygen atoms in total. The van der Waals surface area contributed by atoms with Crippen LogP contribution in [0, 0.1) is 0 Å². The van der Waals surface area contributed by atoms with Crippen molar-refractivity contribution in [3.05, 3.63) is 12.0 Å². The van der Waals surface area contributed by atoms with Gasteiger partial charge >= 0.3 is 5.97 Å². The summed E-state index contributed by atoms with van der Waals surface area (Å²) in [6.45, 7) is 5.59. The topological polar surface area (TPSA) is 66.6 Å². The van der Waals surface area contributed by atoms with Crippen LogP contribution >= 0.6 is 0 Å². The molecule has 0 aromatic carbocycles. The Morgan fingerprint density at radius 3 is 2.79 bits per heavy atom. The van der Waals surface area contributed by atoms with Gasteiger partial charge in [0.05, 0.1) is 0 Å². The molecule has 0 saturated carbocycles. The van der Waals surface area contributed by atoms with Gasteiger partial charge in [-0.05, 0) is 13.3 Å². The average Bonchev–Trinajstić information content (AvgIpc) is 2.63. The van der Waals surface area contributed by atoms with Crippen LogP contribution in [0.1, 0.15) is 30.8 Å². The number of carboxylic acids is 1. The molecule has 0 aliphatic rings. The lowest BCUT2D eigenvalue weighted by Gasteiger charge is -2.16. The van der Waals surface area contributed by atoms with Crippen molar-refractivity contribution in [3.8, 4) is 0 Å². The van der Waals surface area contributed by atoms with Gasteiger partial charge in [-0.2, -0.15) is 4.98 Å². The number of rotatable bonds is 5. The van der Waals surface area contributed by atoms with Crippen molar-refractivity contribution in [1.29, 1.82) is 0 Å². The predicted molar refractivity (Wildman–Crippen MR) is 51.6 cm³/mol. The van der Waals surface area contributed by atoms with E-state index in [2.05, 4.69) is 4.98 Å². The zero-order valence-electron chi connectivity index (χ0n) is 8.36. The fourth-order valence-corrected chi connectivity index (χ4v) is 1.17. The van der Waals surface area contributed by atoms with Gasteiger partial charge in [0, 0.05) is 13.1 Å². The SMILES string of the molecule is CCCN(CC)c1nc(C(=O)O)co1. The van der Waals surface area contributed by atoms with Gasteiger partial charge in [-0.3, -0.25) is 0 Å². The molecule has 1 aromatic rings. The lowest BCUT2D eigenvalue weighted by Crippen LogP contribution is -2.23. The largest absolute Gasteiger partial charge is 0.476 e. The van der Waals surface area contributed by atoms with Crippen molar-refractivity contribution in [3.63, 3.8) is 0 Å². The minimum atomic E-state index is -1.06. The van der Waals surface area contributed by atoms with Crippen molar-refractivity contribution in [2.45, 2.75) is 20.3 Å². The smallest absolute Gasteiger partial charge is 0.357 e. The molecule has 0 spiro atoms. The van der Waals surface area contributed by atoms with Crippen molar-refractivity contribution in [2.24, 2.45) is 0 Å². The summed E-state index contributed by atoms with van der Waals surface area (Å²) in [7, 11) is 0. The third-order valence-electron chi connectivity index (χ3n) is 1.86. The van der Waals surface area contributed by atoms with Crippen LogP contribution in [0.4, 0.5) is 6.01 Å². The number of hydrogen-bond donors (Lipinski definition) is 1. The molecule has 1 aromatic heterocycles. The first-order valence-corrected chi connectivity index (χ1v) is 4.62. The predicted octanol–water partition coefficient (Wildman–Crippen LogP) is 1.61. The van der Waals surface area contributed by atoms with Crippen molar-refractivity contribution in [2.75, 3.05) is 18.0 Å². The van der Waals surface area contributed by atoms with Crippen molar-refractivity contribution >= 4 is 12.0 Å². The monoisotopic (exact) mass is 198 g/mol. The molecule has 1 heterocycles. The van der Waals surface area contributed by atoms with E-state index in [4.69, 9.17) is 9.52 Å². The highest BCUT2D eigenvalue weighted by Gasteiger charge is 2.14. The fourth-order valence-electron chi connectivity index (χ4n) is 1.17. The van der Waals surface area contributed by atoms with Gasteiger partial charge < -0.3 is 14.4 Å². The van der Waals surface area contributed by atoms with E-state index in [1.807, 2.05) is 18.7 Å². The third-order valence-corrected chi connectivity index (χ3v) is 1.86. The molecule has 0 saturated heterocycles. The van der Waals surface area contributed by atoms with Crippen LogP contribution in [0.3, 0.4) is 0 Å². The summed E-state index contributed by atoms with van der Waals surface area (Å²) in [6, 6.07) is 0.381. The van der Waals surface area contributed by atoms with E-state index in [0.29, 0.717) is 6.01 Å². The number of hydrogen-bond acceptors (Lipinski definition) is 4. The molecule has 0 bridgehead atoms. The quantitative estimate of drug-likeness (QED) is 0.778. The van der Waals surface area contributed by atoms with Gasteiger partial charge in [-0.15, -0.1) is 0 Å². The number of carbonyl (C=O) groups is 1. The van der Waals surface area contributed by atoms with E-state index in [0.717, 1.165) is 25.8 Å². The number of aromatic nitrogens is 1. The van der Waals surface area contributed by atoms with E-state index in [1.165, 1.54) is 0 Å². The first kappa shape index (κ1) is 10.6. The minimum absolute atomic E-state index is 0.0467. The van der Waals surface area contributed by atoms with E-state index in [1.54, 1.807) is 0 Å². The van der Waals surface area contributed by atoms with Gasteiger partial charge in [-0.1, -0.05) is 6.92 Å². The molecule has 0 aliphatic heterocycles. The first-order valence-electron chi connectivity index (χ1n) is 4.62. The number of carboxylic acid groups (broad SMARTS) is 1. The highest BCUT2D eigenvalue weighted by Crippen LogP contribution is 2.13. The molecule has 14 heavy (non-hydrogen) atoms. The summed E-state index contributed by atoms with van der Waals surface area (Å²) in [4.78, 5) is 16.3. The summed E-state index contributed by atoms with van der Waals surface area (Å²) < 4.78 is 5.07. The second kappa shape index (κ2) is 4.64. The molecule has 0 radical (unpaired) electrons. The first-order chi connectivity index (χ1) is 6.69. The Morgan fingerprint density at radius 2 is 2.36 bits per heavy atom. The highest BCUT2D eigenvalue weighted by atomic mass is 16.4. The molecule has 0 amide bonds. The molecule has 0 fully saturated rings. The van der Waals surface area contributed by atoms with Crippen LogP contribution in [-0.4, -0.2) is 29.1 Å². The molecule has 0 atom stereocenters. The number of oxazole rings is 1. The fraction of sp³-hybridized carbons (Fsp3) is 0.556. The van der Waals surface area contributed by atoms with E-state index in [9.17, 15) is 4.79 Å². The molecule has 0 unspecified atom stereocenters. The Labute approximate surface area is 82.4 Å². The molecule has 5 heteroatoms. The van der Waals surface area contributed by atoms with E-state index < -0.39 is 5.97 Å². The van der Waals surface area contributed by atoms with Crippen LogP contribution in [0.25, 0.3) is 0 Å². The normalized spacial score (nSPS) is 10.1. The maximum absolute atomic E-state index is 10.5.